The average Bonchev–Trinajstić information content (AvgIpc) is 3.13. The van der Waals surface area contributed by atoms with Crippen LogP contribution in [0.25, 0.3) is 0 Å². The predicted octanol–water partition coefficient (Wildman–Crippen LogP) is 1.04. The number of aliphatic hydroxyl groups is 1. The summed E-state index contributed by atoms with van der Waals surface area (Å²) in [5.41, 5.74) is 2.63. The summed E-state index contributed by atoms with van der Waals surface area (Å²) in [6.45, 7) is 1.11. The second-order valence-electron chi connectivity index (χ2n) is 6.60. The third-order valence-corrected chi connectivity index (χ3v) is 5.39. The highest BCUT2D eigenvalue weighted by molar-refractivity contribution is 5.94. The Morgan fingerprint density at radius 3 is 2.87 bits per heavy atom. The molecule has 0 saturated carbocycles. The lowest BCUT2D eigenvalue weighted by Crippen LogP contribution is -2.50. The Hall–Kier alpha value is -2.05. The van der Waals surface area contributed by atoms with Crippen molar-refractivity contribution in [2.45, 2.75) is 30.6 Å². The largest absolute Gasteiger partial charge is 0.455 e. The van der Waals surface area contributed by atoms with E-state index in [0.717, 1.165) is 18.5 Å². The number of rotatable bonds is 0. The summed E-state index contributed by atoms with van der Waals surface area (Å²) in [5, 5.41) is 10.4. The molecule has 0 bridgehead atoms. The molecule has 6 heteroatoms. The minimum atomic E-state index is -0.764. The van der Waals surface area contributed by atoms with E-state index < -0.39 is 18.2 Å². The average molecular weight is 315 g/mol. The zero-order valence-electron chi connectivity index (χ0n) is 12.7. The van der Waals surface area contributed by atoms with Crippen molar-refractivity contribution in [2.24, 2.45) is 0 Å². The molecule has 5 rings (SSSR count). The summed E-state index contributed by atoms with van der Waals surface area (Å²) in [6.07, 6.45) is 1.49. The number of hydrogen-bond acceptors (Lipinski definition) is 6. The summed E-state index contributed by atoms with van der Waals surface area (Å²) in [7, 11) is 2.07. The van der Waals surface area contributed by atoms with E-state index in [1.807, 2.05) is 12.1 Å². The van der Waals surface area contributed by atoms with E-state index in [1.54, 1.807) is 6.07 Å². The van der Waals surface area contributed by atoms with Gasteiger partial charge in [-0.1, -0.05) is 11.6 Å². The quantitative estimate of drug-likeness (QED) is 0.570. The summed E-state index contributed by atoms with van der Waals surface area (Å²) >= 11 is 0. The fourth-order valence-electron chi connectivity index (χ4n) is 4.36. The van der Waals surface area contributed by atoms with E-state index >= 15 is 0 Å². The first kappa shape index (κ1) is 13.4. The maximum atomic E-state index is 12.4. The number of esters is 1. The van der Waals surface area contributed by atoms with Gasteiger partial charge in [-0.25, -0.2) is 4.79 Å². The summed E-state index contributed by atoms with van der Waals surface area (Å²) in [6, 6.07) is 3.74. The first-order valence-corrected chi connectivity index (χ1v) is 7.87. The van der Waals surface area contributed by atoms with Crippen molar-refractivity contribution in [2.75, 3.05) is 20.4 Å². The first-order valence-electron chi connectivity index (χ1n) is 7.87. The van der Waals surface area contributed by atoms with Crippen molar-refractivity contribution >= 4 is 5.97 Å². The Bertz CT molecular complexity index is 743. The topological polar surface area (TPSA) is 68.2 Å². The normalized spacial score (nSPS) is 34.3. The van der Waals surface area contributed by atoms with E-state index in [1.165, 1.54) is 5.57 Å². The van der Waals surface area contributed by atoms with E-state index in [-0.39, 0.29) is 18.8 Å². The molecule has 4 atom stereocenters. The van der Waals surface area contributed by atoms with E-state index in [9.17, 15) is 9.90 Å². The van der Waals surface area contributed by atoms with Crippen molar-refractivity contribution in [3.05, 3.63) is 34.9 Å². The predicted molar refractivity (Wildman–Crippen MR) is 79.6 cm³/mol. The molecule has 120 valence electrons. The van der Waals surface area contributed by atoms with Crippen LogP contribution in [-0.2, 0) is 4.74 Å². The van der Waals surface area contributed by atoms with Crippen molar-refractivity contribution in [1.29, 1.82) is 0 Å². The van der Waals surface area contributed by atoms with Crippen LogP contribution in [0.3, 0.4) is 0 Å². The highest BCUT2D eigenvalue weighted by Crippen LogP contribution is 2.48. The van der Waals surface area contributed by atoms with E-state index in [2.05, 4.69) is 11.9 Å². The van der Waals surface area contributed by atoms with E-state index in [0.29, 0.717) is 17.1 Å². The molecule has 0 amide bonds. The summed E-state index contributed by atoms with van der Waals surface area (Å²) in [4.78, 5) is 14.7. The van der Waals surface area contributed by atoms with Gasteiger partial charge in [0.25, 0.3) is 0 Å². The summed E-state index contributed by atoms with van der Waals surface area (Å²) in [5.74, 6) is 0.741. The Balaban J connectivity index is 1.70. The SMILES string of the molecule is CN1CCC2=C[C@H](O)C3OC(=O)c4cc5c(cc4C3[C@@H]21)OCO5. The molecule has 1 aliphatic carbocycles. The fraction of sp³-hybridized carbons (Fsp3) is 0.471. The van der Waals surface area contributed by atoms with Gasteiger partial charge in [-0.3, -0.25) is 4.90 Å². The third-order valence-electron chi connectivity index (χ3n) is 5.39. The van der Waals surface area contributed by atoms with Crippen LogP contribution in [0.4, 0.5) is 0 Å². The lowest BCUT2D eigenvalue weighted by molar-refractivity contribution is -0.0336. The first-order chi connectivity index (χ1) is 11.1. The van der Waals surface area contributed by atoms with Gasteiger partial charge < -0.3 is 19.3 Å². The molecular formula is C17H17NO5. The van der Waals surface area contributed by atoms with Crippen molar-refractivity contribution in [3.8, 4) is 11.5 Å². The van der Waals surface area contributed by atoms with Gasteiger partial charge in [0.2, 0.25) is 6.79 Å². The van der Waals surface area contributed by atoms with Gasteiger partial charge in [0, 0.05) is 18.5 Å². The maximum absolute atomic E-state index is 12.4. The van der Waals surface area contributed by atoms with Gasteiger partial charge in [-0.05, 0) is 31.2 Å². The van der Waals surface area contributed by atoms with Crippen molar-refractivity contribution < 1.29 is 24.1 Å². The van der Waals surface area contributed by atoms with Gasteiger partial charge in [0.15, 0.2) is 11.5 Å². The molecule has 3 heterocycles. The number of benzene rings is 1. The molecule has 1 fully saturated rings. The van der Waals surface area contributed by atoms with Crippen LogP contribution < -0.4 is 9.47 Å². The summed E-state index contributed by atoms with van der Waals surface area (Å²) < 4.78 is 16.4. The van der Waals surface area contributed by atoms with Gasteiger partial charge in [-0.2, -0.15) is 0 Å². The molecule has 1 aromatic rings. The second-order valence-corrected chi connectivity index (χ2v) is 6.60. The maximum Gasteiger partial charge on any atom is 0.338 e. The molecule has 6 nitrogen and oxygen atoms in total. The van der Waals surface area contributed by atoms with Crippen LogP contribution in [-0.4, -0.2) is 54.6 Å². The number of hydrogen-bond donors (Lipinski definition) is 1. The minimum Gasteiger partial charge on any atom is -0.455 e. The zero-order valence-corrected chi connectivity index (χ0v) is 12.7. The molecule has 1 aromatic carbocycles. The van der Waals surface area contributed by atoms with Gasteiger partial charge >= 0.3 is 5.97 Å². The van der Waals surface area contributed by atoms with Crippen LogP contribution in [0.15, 0.2) is 23.8 Å². The molecule has 4 aliphatic rings. The smallest absolute Gasteiger partial charge is 0.338 e. The molecule has 1 saturated heterocycles. The monoisotopic (exact) mass is 315 g/mol. The number of ether oxygens (including phenoxy) is 3. The number of likely N-dealkylation sites (tertiary alicyclic amines) is 1. The Morgan fingerprint density at radius 1 is 1.26 bits per heavy atom. The van der Waals surface area contributed by atoms with Gasteiger partial charge in [0.05, 0.1) is 5.56 Å². The molecule has 1 N–H and O–H groups in total. The van der Waals surface area contributed by atoms with Crippen LogP contribution >= 0.6 is 0 Å². The van der Waals surface area contributed by atoms with Crippen LogP contribution in [0.5, 0.6) is 11.5 Å². The fourth-order valence-corrected chi connectivity index (χ4v) is 4.36. The van der Waals surface area contributed by atoms with Crippen molar-refractivity contribution in [1.82, 2.24) is 4.90 Å². The van der Waals surface area contributed by atoms with Crippen LogP contribution in [0.1, 0.15) is 28.3 Å². The Morgan fingerprint density at radius 2 is 2.04 bits per heavy atom. The highest BCUT2D eigenvalue weighted by atomic mass is 16.7. The Kier molecular flexibility index (Phi) is 2.61. The lowest BCUT2D eigenvalue weighted by Gasteiger charge is -2.43. The number of likely N-dealkylation sites (N-methyl/N-ethyl adjacent to an activating group) is 1. The number of carbonyl (C=O) groups excluding carboxylic acids is 1. The molecule has 0 aromatic heterocycles. The molecule has 0 spiro atoms. The molecule has 2 unspecified atom stereocenters. The zero-order chi connectivity index (χ0) is 15.7. The highest BCUT2D eigenvalue weighted by Gasteiger charge is 2.50. The van der Waals surface area contributed by atoms with E-state index in [4.69, 9.17) is 14.2 Å². The number of aliphatic hydroxyl groups excluding tert-OH is 1. The number of fused-ring (bicyclic) bond motifs is 6. The Labute approximate surface area is 133 Å². The number of nitrogens with zero attached hydrogens (tertiary/aromatic N) is 1. The standard InChI is InChI=1S/C17H17NO5/c1-18-3-2-8-4-11(19)16-14(15(8)18)9-5-12-13(22-7-21-12)6-10(9)17(20)23-16/h4-6,11,14-16,19H,2-3,7H2,1H3/t11-,14?,15+,16?/m0/s1. The van der Waals surface area contributed by atoms with Crippen LogP contribution in [0, 0.1) is 0 Å². The van der Waals surface area contributed by atoms with Gasteiger partial charge in [0.1, 0.15) is 12.2 Å². The lowest BCUT2D eigenvalue weighted by atomic mass is 9.74. The minimum absolute atomic E-state index is 0.0836. The van der Waals surface area contributed by atoms with Crippen LogP contribution in [0.2, 0.25) is 0 Å². The molecule has 23 heavy (non-hydrogen) atoms. The third kappa shape index (κ3) is 1.73. The molecular weight excluding hydrogens is 298 g/mol. The number of carbonyl (C=O) groups is 1. The van der Waals surface area contributed by atoms with Crippen molar-refractivity contribution in [3.63, 3.8) is 0 Å². The molecule has 3 aliphatic heterocycles. The van der Waals surface area contributed by atoms with Gasteiger partial charge in [-0.15, -0.1) is 0 Å². The molecule has 0 radical (unpaired) electrons. The second kappa shape index (κ2) is 4.49.